The number of piperazine rings is 1. The fraction of sp³-hybridized carbons (Fsp3) is 0.667. The molecule has 5 nitrogen and oxygen atoms in total. The Labute approximate surface area is 165 Å². The van der Waals surface area contributed by atoms with E-state index in [4.69, 9.17) is 9.97 Å². The van der Waals surface area contributed by atoms with Crippen LogP contribution in [-0.2, 0) is 23.1 Å². The Bertz CT molecular complexity index is 874. The number of anilines is 1. The molecule has 27 heavy (non-hydrogen) atoms. The molecule has 1 aliphatic heterocycles. The van der Waals surface area contributed by atoms with Crippen LogP contribution in [0.15, 0.2) is 0 Å². The molecule has 1 fully saturated rings. The number of hydrogen-bond acceptors (Lipinski definition) is 5. The average Bonchev–Trinajstić information content (AvgIpc) is 2.97. The van der Waals surface area contributed by atoms with Crippen LogP contribution in [0.3, 0.4) is 0 Å². The summed E-state index contributed by atoms with van der Waals surface area (Å²) >= 11 is 1.88. The summed E-state index contributed by atoms with van der Waals surface area (Å²) in [7, 11) is 0. The number of carbonyl (C=O) groups is 1. The van der Waals surface area contributed by atoms with Crippen LogP contribution in [0, 0.1) is 5.92 Å². The summed E-state index contributed by atoms with van der Waals surface area (Å²) in [6, 6.07) is 0. The second-order valence-corrected chi connectivity index (χ2v) is 10.2. The third-order valence-corrected chi connectivity index (χ3v) is 6.98. The molecule has 1 amide bonds. The number of aromatic nitrogens is 2. The van der Waals surface area contributed by atoms with Gasteiger partial charge in [-0.05, 0) is 30.7 Å². The number of thiophene rings is 1. The van der Waals surface area contributed by atoms with Crippen molar-refractivity contribution in [3.8, 4) is 0 Å². The van der Waals surface area contributed by atoms with Crippen LogP contribution >= 0.6 is 11.3 Å². The van der Waals surface area contributed by atoms with Gasteiger partial charge in [0.1, 0.15) is 16.5 Å². The molecule has 0 radical (unpaired) electrons. The number of carbonyl (C=O) groups excluding carboxylic acids is 1. The zero-order valence-electron chi connectivity index (χ0n) is 17.1. The van der Waals surface area contributed by atoms with Gasteiger partial charge in [-0.25, -0.2) is 9.97 Å². The number of amides is 1. The fourth-order valence-electron chi connectivity index (χ4n) is 4.12. The van der Waals surface area contributed by atoms with Crippen molar-refractivity contribution in [2.24, 2.45) is 5.92 Å². The highest BCUT2D eigenvalue weighted by molar-refractivity contribution is 7.19. The molecule has 2 aromatic rings. The monoisotopic (exact) mass is 386 g/mol. The molecule has 6 heteroatoms. The van der Waals surface area contributed by atoms with Gasteiger partial charge in [-0.15, -0.1) is 11.3 Å². The van der Waals surface area contributed by atoms with Crippen molar-refractivity contribution in [1.82, 2.24) is 14.9 Å². The van der Waals surface area contributed by atoms with Gasteiger partial charge < -0.3 is 9.80 Å². The molecule has 1 saturated heterocycles. The van der Waals surface area contributed by atoms with Crippen molar-refractivity contribution >= 4 is 33.3 Å². The van der Waals surface area contributed by atoms with E-state index >= 15 is 0 Å². The van der Waals surface area contributed by atoms with Gasteiger partial charge in [-0.2, -0.15) is 0 Å². The van der Waals surface area contributed by atoms with Crippen LogP contribution in [0.1, 0.15) is 57.3 Å². The summed E-state index contributed by atoms with van der Waals surface area (Å²) in [6.45, 7) is 13.8. The zero-order chi connectivity index (χ0) is 19.3. The Kier molecular flexibility index (Phi) is 4.65. The van der Waals surface area contributed by atoms with Crippen molar-refractivity contribution in [2.45, 2.75) is 59.3 Å². The summed E-state index contributed by atoms with van der Waals surface area (Å²) in [5.41, 5.74) is 1.40. The Morgan fingerprint density at radius 3 is 2.48 bits per heavy atom. The molecule has 2 aliphatic rings. The van der Waals surface area contributed by atoms with Crippen molar-refractivity contribution in [1.29, 1.82) is 0 Å². The largest absolute Gasteiger partial charge is 0.352 e. The third-order valence-electron chi connectivity index (χ3n) is 5.83. The third kappa shape index (κ3) is 3.44. The lowest BCUT2D eigenvalue weighted by atomic mass is 9.89. The molecule has 0 spiro atoms. The quantitative estimate of drug-likeness (QED) is 0.748. The van der Waals surface area contributed by atoms with Gasteiger partial charge in [0.25, 0.3) is 0 Å². The molecule has 0 aromatic carbocycles. The number of nitrogens with zero attached hydrogens (tertiary/aromatic N) is 4. The molecule has 1 unspecified atom stereocenters. The highest BCUT2D eigenvalue weighted by Gasteiger charge is 2.29. The minimum Gasteiger partial charge on any atom is -0.352 e. The van der Waals surface area contributed by atoms with E-state index in [-0.39, 0.29) is 11.3 Å². The Hall–Kier alpha value is -1.69. The minimum atomic E-state index is -0.0814. The summed E-state index contributed by atoms with van der Waals surface area (Å²) in [4.78, 5) is 28.8. The second kappa shape index (κ2) is 6.73. The molecule has 4 rings (SSSR count). The van der Waals surface area contributed by atoms with E-state index in [0.29, 0.717) is 0 Å². The summed E-state index contributed by atoms with van der Waals surface area (Å²) < 4.78 is 0. The Morgan fingerprint density at radius 1 is 1.15 bits per heavy atom. The summed E-state index contributed by atoms with van der Waals surface area (Å²) in [5, 5.41) is 1.28. The first-order valence-electron chi connectivity index (χ1n) is 10.1. The van der Waals surface area contributed by atoms with Crippen molar-refractivity contribution in [2.75, 3.05) is 31.1 Å². The predicted molar refractivity (Wildman–Crippen MR) is 112 cm³/mol. The van der Waals surface area contributed by atoms with E-state index in [9.17, 15) is 4.79 Å². The van der Waals surface area contributed by atoms with E-state index in [1.807, 2.05) is 16.2 Å². The SMILES string of the molecule is CC(=O)N1CCN(c2nc(C(C)(C)C)nc3sc4c(c23)CCC(C)C4)CC1. The van der Waals surface area contributed by atoms with Crippen LogP contribution in [0.25, 0.3) is 10.2 Å². The zero-order valence-corrected chi connectivity index (χ0v) is 17.9. The van der Waals surface area contributed by atoms with Gasteiger partial charge in [0, 0.05) is 43.4 Å². The van der Waals surface area contributed by atoms with Gasteiger partial charge in [-0.1, -0.05) is 27.7 Å². The smallest absolute Gasteiger partial charge is 0.219 e. The van der Waals surface area contributed by atoms with Crippen molar-refractivity contribution in [3.63, 3.8) is 0 Å². The van der Waals surface area contributed by atoms with Gasteiger partial charge in [0.05, 0.1) is 5.39 Å². The molecule has 3 heterocycles. The maximum atomic E-state index is 11.7. The first kappa shape index (κ1) is 18.7. The standard InChI is InChI=1S/C21H30N4OS/c1-13-6-7-15-16(12-13)27-19-17(15)18(22-20(23-19)21(3,4)5)25-10-8-24(9-11-25)14(2)26/h13H,6-12H2,1-5H3. The van der Waals surface area contributed by atoms with E-state index in [2.05, 4.69) is 32.6 Å². The minimum absolute atomic E-state index is 0.0814. The predicted octanol–water partition coefficient (Wildman–Crippen LogP) is 3.78. The molecule has 1 atom stereocenters. The van der Waals surface area contributed by atoms with Crippen LogP contribution < -0.4 is 4.90 Å². The molecular weight excluding hydrogens is 356 g/mol. The molecule has 1 aliphatic carbocycles. The molecule has 0 bridgehead atoms. The highest BCUT2D eigenvalue weighted by atomic mass is 32.1. The van der Waals surface area contributed by atoms with Gasteiger partial charge in [0.2, 0.25) is 5.91 Å². The number of aryl methyl sites for hydroxylation is 1. The summed E-state index contributed by atoms with van der Waals surface area (Å²) in [6.07, 6.45) is 3.55. The van der Waals surface area contributed by atoms with Crippen molar-refractivity contribution in [3.05, 3.63) is 16.3 Å². The normalized spacial score (nSPS) is 20.9. The van der Waals surface area contributed by atoms with E-state index in [1.165, 1.54) is 28.7 Å². The van der Waals surface area contributed by atoms with Crippen LogP contribution in [0.5, 0.6) is 0 Å². The van der Waals surface area contributed by atoms with Crippen LogP contribution in [0.2, 0.25) is 0 Å². The van der Waals surface area contributed by atoms with E-state index in [1.54, 1.807) is 6.92 Å². The maximum absolute atomic E-state index is 11.7. The van der Waals surface area contributed by atoms with E-state index < -0.39 is 0 Å². The number of fused-ring (bicyclic) bond motifs is 3. The lowest BCUT2D eigenvalue weighted by Crippen LogP contribution is -2.48. The molecule has 0 saturated carbocycles. The highest BCUT2D eigenvalue weighted by Crippen LogP contribution is 2.42. The molecule has 146 valence electrons. The average molecular weight is 387 g/mol. The lowest BCUT2D eigenvalue weighted by molar-refractivity contribution is -0.129. The van der Waals surface area contributed by atoms with E-state index in [0.717, 1.165) is 55.0 Å². The second-order valence-electron chi connectivity index (χ2n) is 9.15. The molecule has 0 N–H and O–H groups in total. The number of rotatable bonds is 1. The summed E-state index contributed by atoms with van der Waals surface area (Å²) in [5.74, 6) is 2.94. The van der Waals surface area contributed by atoms with Gasteiger partial charge >= 0.3 is 0 Å². The topological polar surface area (TPSA) is 49.3 Å². The number of hydrogen-bond donors (Lipinski definition) is 0. The first-order valence-corrected chi connectivity index (χ1v) is 10.9. The van der Waals surface area contributed by atoms with Gasteiger partial charge in [0.15, 0.2) is 0 Å². The lowest BCUT2D eigenvalue weighted by Gasteiger charge is -2.36. The Morgan fingerprint density at radius 2 is 1.85 bits per heavy atom. The van der Waals surface area contributed by atoms with Gasteiger partial charge in [-0.3, -0.25) is 4.79 Å². The fourth-order valence-corrected chi connectivity index (χ4v) is 5.50. The van der Waals surface area contributed by atoms with Crippen molar-refractivity contribution < 1.29 is 4.79 Å². The maximum Gasteiger partial charge on any atom is 0.219 e. The van der Waals surface area contributed by atoms with Crippen LogP contribution in [0.4, 0.5) is 5.82 Å². The molecular formula is C21H30N4OS. The first-order chi connectivity index (χ1) is 12.7. The van der Waals surface area contributed by atoms with Crippen LogP contribution in [-0.4, -0.2) is 47.0 Å². The Balaban J connectivity index is 1.81. The molecule has 2 aromatic heterocycles.